The lowest BCUT2D eigenvalue weighted by Crippen LogP contribution is -2.32. The first-order valence-corrected chi connectivity index (χ1v) is 12.6. The van der Waals surface area contributed by atoms with Gasteiger partial charge in [0, 0.05) is 17.3 Å². The topological polar surface area (TPSA) is 73.2 Å². The van der Waals surface area contributed by atoms with Gasteiger partial charge in [0.25, 0.3) is 5.91 Å². The van der Waals surface area contributed by atoms with Gasteiger partial charge in [0.05, 0.1) is 5.25 Å². The van der Waals surface area contributed by atoms with Crippen LogP contribution in [0.25, 0.3) is 0 Å². The zero-order chi connectivity index (χ0) is 24.8. The first-order chi connectivity index (χ1) is 17.0. The number of thioether (sulfide) groups is 1. The minimum atomic E-state index is -0.506. The van der Waals surface area contributed by atoms with E-state index < -0.39 is 11.2 Å². The maximum Gasteiger partial charge on any atom is 0.264 e. The summed E-state index contributed by atoms with van der Waals surface area (Å²) in [6.07, 6.45) is 1.33. The number of aryl methyl sites for hydroxylation is 1. The van der Waals surface area contributed by atoms with Gasteiger partial charge in [-0.3, -0.25) is 14.5 Å². The Labute approximate surface area is 214 Å². The molecule has 4 rings (SSSR count). The summed E-state index contributed by atoms with van der Waals surface area (Å²) in [7, 11) is 0. The van der Waals surface area contributed by atoms with E-state index in [0.29, 0.717) is 22.2 Å². The molecule has 2 amide bonds. The third-order valence-electron chi connectivity index (χ3n) is 5.74. The van der Waals surface area contributed by atoms with Crippen molar-refractivity contribution in [3.63, 3.8) is 0 Å². The van der Waals surface area contributed by atoms with Gasteiger partial charge in [-0.05, 0) is 53.8 Å². The van der Waals surface area contributed by atoms with Gasteiger partial charge in [0.2, 0.25) is 5.91 Å². The molecule has 1 N–H and O–H groups in total. The minimum absolute atomic E-state index is 0.0718. The number of benzene rings is 3. The fourth-order valence-corrected chi connectivity index (χ4v) is 5.24. The average Bonchev–Trinajstić information content (AvgIpc) is 3.20. The molecule has 1 heterocycles. The Hall–Kier alpha value is -3.53. The molecule has 3 aromatic carbocycles. The molecule has 0 aromatic heterocycles. The van der Waals surface area contributed by atoms with Crippen LogP contribution < -0.4 is 10.2 Å². The van der Waals surface area contributed by atoms with Gasteiger partial charge < -0.3 is 5.32 Å². The van der Waals surface area contributed by atoms with E-state index in [9.17, 15) is 14.9 Å². The lowest BCUT2D eigenvalue weighted by Gasteiger charge is -2.19. The smallest absolute Gasteiger partial charge is 0.264 e. The summed E-state index contributed by atoms with van der Waals surface area (Å²) >= 11 is 7.26. The molecule has 1 aliphatic rings. The van der Waals surface area contributed by atoms with Crippen LogP contribution in [0.15, 0.2) is 89.5 Å². The molecule has 1 saturated heterocycles. The van der Waals surface area contributed by atoms with Crippen LogP contribution in [0.1, 0.15) is 23.6 Å². The Morgan fingerprint density at radius 3 is 2.29 bits per heavy atom. The predicted molar refractivity (Wildman–Crippen MR) is 141 cm³/mol. The van der Waals surface area contributed by atoms with Crippen molar-refractivity contribution in [2.75, 3.05) is 4.90 Å². The number of anilines is 1. The standard InChI is InChI=1S/C28H24ClN3O2S/c1-2-19-10-14-23(15-11-19)32-27(34)25(16-20-8-12-22(29)13-9-20)35-28(32)24(17-30)26(33)31-18-21-6-4-3-5-7-21/h3-15,25H,2,16,18H2,1H3,(H,31,33)/b28-24-. The molecule has 1 unspecified atom stereocenters. The number of amides is 2. The van der Waals surface area contributed by atoms with Crippen LogP contribution >= 0.6 is 23.4 Å². The number of hydrogen-bond acceptors (Lipinski definition) is 4. The zero-order valence-corrected chi connectivity index (χ0v) is 20.8. The van der Waals surface area contributed by atoms with E-state index in [1.807, 2.05) is 66.7 Å². The fourth-order valence-electron chi connectivity index (χ4n) is 3.80. The average molecular weight is 502 g/mol. The first-order valence-electron chi connectivity index (χ1n) is 11.3. The maximum absolute atomic E-state index is 13.6. The minimum Gasteiger partial charge on any atom is -0.347 e. The number of nitriles is 1. The molecule has 0 saturated carbocycles. The molecule has 3 aromatic rings. The van der Waals surface area contributed by atoms with Gasteiger partial charge in [0.15, 0.2) is 0 Å². The number of halogens is 1. The molecule has 0 bridgehead atoms. The summed E-state index contributed by atoms with van der Waals surface area (Å²) in [6, 6.07) is 26.5. The molecule has 5 nitrogen and oxygen atoms in total. The second-order valence-electron chi connectivity index (χ2n) is 8.09. The molecule has 1 aliphatic heterocycles. The van der Waals surface area contributed by atoms with Crippen molar-refractivity contribution in [1.82, 2.24) is 5.32 Å². The molecule has 35 heavy (non-hydrogen) atoms. The maximum atomic E-state index is 13.6. The Morgan fingerprint density at radius 2 is 1.66 bits per heavy atom. The van der Waals surface area contributed by atoms with Crippen molar-refractivity contribution in [2.45, 2.75) is 31.6 Å². The van der Waals surface area contributed by atoms with Crippen LogP contribution in [0.2, 0.25) is 5.02 Å². The molecule has 7 heteroatoms. The van der Waals surface area contributed by atoms with Crippen LogP contribution in [-0.4, -0.2) is 17.1 Å². The van der Waals surface area contributed by atoms with Gasteiger partial charge >= 0.3 is 0 Å². The van der Waals surface area contributed by atoms with Crippen LogP contribution in [0.3, 0.4) is 0 Å². The highest BCUT2D eigenvalue weighted by molar-refractivity contribution is 8.05. The third-order valence-corrected chi connectivity index (χ3v) is 7.25. The van der Waals surface area contributed by atoms with Crippen molar-refractivity contribution >= 4 is 40.9 Å². The van der Waals surface area contributed by atoms with E-state index in [4.69, 9.17) is 11.6 Å². The number of carbonyl (C=O) groups excluding carboxylic acids is 2. The molecule has 0 aliphatic carbocycles. The highest BCUT2D eigenvalue weighted by Gasteiger charge is 2.40. The number of hydrogen-bond donors (Lipinski definition) is 1. The lowest BCUT2D eigenvalue weighted by atomic mass is 10.1. The summed E-state index contributed by atoms with van der Waals surface area (Å²) in [5, 5.41) is 13.3. The summed E-state index contributed by atoms with van der Waals surface area (Å²) in [6.45, 7) is 2.35. The zero-order valence-electron chi connectivity index (χ0n) is 19.2. The largest absolute Gasteiger partial charge is 0.347 e. The van der Waals surface area contributed by atoms with Crippen LogP contribution in [0, 0.1) is 11.3 Å². The van der Waals surface area contributed by atoms with Crippen molar-refractivity contribution in [3.8, 4) is 6.07 Å². The Morgan fingerprint density at radius 1 is 1.00 bits per heavy atom. The van der Waals surface area contributed by atoms with Crippen LogP contribution in [0.4, 0.5) is 5.69 Å². The normalized spacial score (nSPS) is 16.7. The summed E-state index contributed by atoms with van der Waals surface area (Å²) in [4.78, 5) is 28.1. The van der Waals surface area contributed by atoms with Crippen LogP contribution in [0.5, 0.6) is 0 Å². The van der Waals surface area contributed by atoms with Crippen molar-refractivity contribution < 1.29 is 9.59 Å². The quantitative estimate of drug-likeness (QED) is 0.335. The number of rotatable bonds is 7. The Balaban J connectivity index is 1.67. The van der Waals surface area contributed by atoms with E-state index in [1.54, 1.807) is 12.1 Å². The molecule has 176 valence electrons. The summed E-state index contributed by atoms with van der Waals surface area (Å²) in [5.74, 6) is -0.665. The van der Waals surface area contributed by atoms with E-state index in [2.05, 4.69) is 18.3 Å². The SMILES string of the molecule is CCc1ccc(N2C(=O)C(Cc3ccc(Cl)cc3)S/C2=C(/C#N)C(=O)NCc2ccccc2)cc1. The van der Waals surface area contributed by atoms with Crippen molar-refractivity contribution in [1.29, 1.82) is 5.26 Å². The highest BCUT2D eigenvalue weighted by Crippen LogP contribution is 2.42. The number of nitrogens with zero attached hydrogens (tertiary/aromatic N) is 2. The van der Waals surface area contributed by atoms with Crippen molar-refractivity contribution in [3.05, 3.63) is 111 Å². The molecule has 1 fully saturated rings. The van der Waals surface area contributed by atoms with E-state index in [-0.39, 0.29) is 18.0 Å². The predicted octanol–water partition coefficient (Wildman–Crippen LogP) is 5.65. The second-order valence-corrected chi connectivity index (χ2v) is 9.72. The van der Waals surface area contributed by atoms with Gasteiger partial charge in [-0.25, -0.2) is 0 Å². The van der Waals surface area contributed by atoms with Gasteiger partial charge in [-0.15, -0.1) is 0 Å². The van der Waals surface area contributed by atoms with E-state index in [0.717, 1.165) is 23.1 Å². The Kier molecular flexibility index (Phi) is 7.91. The van der Waals surface area contributed by atoms with Crippen LogP contribution in [-0.2, 0) is 29.0 Å². The fraction of sp³-hybridized carbons (Fsp3) is 0.179. The summed E-state index contributed by atoms with van der Waals surface area (Å²) < 4.78 is 0. The first kappa shape index (κ1) is 24.6. The molecule has 1 atom stereocenters. The highest BCUT2D eigenvalue weighted by atomic mass is 35.5. The van der Waals surface area contributed by atoms with Crippen molar-refractivity contribution in [2.24, 2.45) is 0 Å². The number of nitrogens with one attached hydrogen (secondary N) is 1. The summed E-state index contributed by atoms with van der Waals surface area (Å²) in [5.41, 5.74) is 3.58. The van der Waals surface area contributed by atoms with Gasteiger partial charge in [0.1, 0.15) is 16.7 Å². The second kappa shape index (κ2) is 11.3. The number of carbonyl (C=O) groups is 2. The van der Waals surface area contributed by atoms with E-state index >= 15 is 0 Å². The van der Waals surface area contributed by atoms with Gasteiger partial charge in [-0.1, -0.05) is 84.9 Å². The van der Waals surface area contributed by atoms with E-state index in [1.165, 1.54) is 16.7 Å². The van der Waals surface area contributed by atoms with Gasteiger partial charge in [-0.2, -0.15) is 5.26 Å². The monoisotopic (exact) mass is 501 g/mol. The third kappa shape index (κ3) is 5.76. The Bertz CT molecular complexity index is 1280. The molecular formula is C28H24ClN3O2S. The lowest BCUT2D eigenvalue weighted by molar-refractivity contribution is -0.117. The molecule has 0 spiro atoms. The molecular weight excluding hydrogens is 478 g/mol. The molecule has 0 radical (unpaired) electrons.